The van der Waals surface area contributed by atoms with Crippen LogP contribution in [-0.4, -0.2) is 4.92 Å². The summed E-state index contributed by atoms with van der Waals surface area (Å²) >= 11 is 0.996. The Bertz CT molecular complexity index is 571. The molecule has 0 amide bonds. The summed E-state index contributed by atoms with van der Waals surface area (Å²) in [6, 6.07) is 8.03. The van der Waals surface area contributed by atoms with E-state index in [-0.39, 0.29) is 5.00 Å². The third-order valence-corrected chi connectivity index (χ3v) is 3.37. The molecule has 0 bridgehead atoms. The number of hydrogen-bond donors (Lipinski definition) is 1. The Morgan fingerprint density at radius 2 is 2.39 bits per heavy atom. The van der Waals surface area contributed by atoms with Crippen LogP contribution in [0.15, 0.2) is 34.9 Å². The SMILES string of the molecule is N#CC(NCc1ccco1)c1ccc([N+](=O)[O-])s1. The molecule has 0 aliphatic carbocycles. The predicted octanol–water partition coefficient (Wildman–Crippen LogP) is 2.60. The maximum atomic E-state index is 10.6. The van der Waals surface area contributed by atoms with E-state index in [0.29, 0.717) is 17.2 Å². The van der Waals surface area contributed by atoms with Gasteiger partial charge in [0.2, 0.25) is 0 Å². The molecule has 2 rings (SSSR count). The van der Waals surface area contributed by atoms with Gasteiger partial charge in [-0.15, -0.1) is 0 Å². The Balaban J connectivity index is 2.04. The molecule has 0 aliphatic heterocycles. The van der Waals surface area contributed by atoms with E-state index in [2.05, 4.69) is 11.4 Å². The highest BCUT2D eigenvalue weighted by Gasteiger charge is 2.17. The van der Waals surface area contributed by atoms with E-state index in [0.717, 1.165) is 11.3 Å². The molecule has 0 fully saturated rings. The maximum Gasteiger partial charge on any atom is 0.324 e. The smallest absolute Gasteiger partial charge is 0.324 e. The van der Waals surface area contributed by atoms with Crippen LogP contribution in [0.1, 0.15) is 16.7 Å². The van der Waals surface area contributed by atoms with Crippen molar-refractivity contribution in [3.8, 4) is 6.07 Å². The lowest BCUT2D eigenvalue weighted by atomic mass is 10.2. The molecular weight excluding hydrogens is 254 g/mol. The average molecular weight is 263 g/mol. The highest BCUT2D eigenvalue weighted by atomic mass is 32.1. The van der Waals surface area contributed by atoms with Crippen molar-refractivity contribution in [2.75, 3.05) is 0 Å². The van der Waals surface area contributed by atoms with E-state index >= 15 is 0 Å². The predicted molar refractivity (Wildman–Crippen MR) is 64.9 cm³/mol. The van der Waals surface area contributed by atoms with E-state index < -0.39 is 11.0 Å². The second kappa shape index (κ2) is 5.44. The molecule has 2 aromatic rings. The number of furan rings is 1. The number of nitriles is 1. The van der Waals surface area contributed by atoms with Gasteiger partial charge in [0, 0.05) is 10.9 Å². The summed E-state index contributed by atoms with van der Waals surface area (Å²) in [5.74, 6) is 0.710. The largest absolute Gasteiger partial charge is 0.468 e. The maximum absolute atomic E-state index is 10.6. The standard InChI is InChI=1S/C11H9N3O3S/c12-6-9(13-7-8-2-1-5-17-8)10-3-4-11(18-10)14(15)16/h1-5,9,13H,7H2. The zero-order valence-electron chi connectivity index (χ0n) is 9.20. The molecular formula is C11H9N3O3S. The van der Waals surface area contributed by atoms with Crippen LogP contribution in [-0.2, 0) is 6.54 Å². The van der Waals surface area contributed by atoms with E-state index in [1.54, 1.807) is 24.5 Å². The Morgan fingerprint density at radius 1 is 1.56 bits per heavy atom. The van der Waals surface area contributed by atoms with E-state index in [1.165, 1.54) is 6.07 Å². The fourth-order valence-electron chi connectivity index (χ4n) is 1.42. The van der Waals surface area contributed by atoms with Crippen molar-refractivity contribution in [2.24, 2.45) is 0 Å². The van der Waals surface area contributed by atoms with Crippen molar-refractivity contribution in [3.63, 3.8) is 0 Å². The van der Waals surface area contributed by atoms with Crippen LogP contribution in [0.2, 0.25) is 0 Å². The van der Waals surface area contributed by atoms with Crippen molar-refractivity contribution in [1.29, 1.82) is 5.26 Å². The van der Waals surface area contributed by atoms with Crippen LogP contribution in [0, 0.1) is 21.4 Å². The van der Waals surface area contributed by atoms with Gasteiger partial charge in [0.05, 0.1) is 23.8 Å². The second-order valence-corrected chi connectivity index (χ2v) is 4.55. The molecule has 0 radical (unpaired) electrons. The minimum Gasteiger partial charge on any atom is -0.468 e. The fourth-order valence-corrected chi connectivity index (χ4v) is 2.26. The summed E-state index contributed by atoms with van der Waals surface area (Å²) in [6.45, 7) is 0.400. The van der Waals surface area contributed by atoms with Gasteiger partial charge in [0.15, 0.2) is 0 Å². The molecule has 0 aliphatic rings. The first-order chi connectivity index (χ1) is 8.70. The highest BCUT2D eigenvalue weighted by Crippen LogP contribution is 2.28. The topological polar surface area (TPSA) is 92.1 Å². The van der Waals surface area contributed by atoms with Crippen LogP contribution < -0.4 is 5.32 Å². The average Bonchev–Trinajstić information content (AvgIpc) is 3.00. The van der Waals surface area contributed by atoms with Crippen LogP contribution in [0.3, 0.4) is 0 Å². The summed E-state index contributed by atoms with van der Waals surface area (Å²) in [4.78, 5) is 10.7. The summed E-state index contributed by atoms with van der Waals surface area (Å²) in [5.41, 5.74) is 0. The van der Waals surface area contributed by atoms with E-state index in [1.807, 2.05) is 0 Å². The third-order valence-electron chi connectivity index (χ3n) is 2.27. The summed E-state index contributed by atoms with van der Waals surface area (Å²) < 4.78 is 5.13. The van der Waals surface area contributed by atoms with Crippen LogP contribution in [0.5, 0.6) is 0 Å². The number of nitro groups is 1. The lowest BCUT2D eigenvalue weighted by Crippen LogP contribution is -2.18. The zero-order chi connectivity index (χ0) is 13.0. The Kier molecular flexibility index (Phi) is 3.72. The van der Waals surface area contributed by atoms with Gasteiger partial charge in [-0.25, -0.2) is 0 Å². The van der Waals surface area contributed by atoms with Crippen molar-refractivity contribution >= 4 is 16.3 Å². The Morgan fingerprint density at radius 3 is 2.94 bits per heavy atom. The molecule has 0 spiro atoms. The number of hydrogen-bond acceptors (Lipinski definition) is 6. The van der Waals surface area contributed by atoms with Crippen LogP contribution >= 0.6 is 11.3 Å². The molecule has 1 unspecified atom stereocenters. The lowest BCUT2D eigenvalue weighted by molar-refractivity contribution is -0.380. The first-order valence-corrected chi connectivity index (χ1v) is 5.92. The normalized spacial score (nSPS) is 11.9. The number of thiophene rings is 1. The van der Waals surface area contributed by atoms with E-state index in [4.69, 9.17) is 9.68 Å². The molecule has 0 saturated carbocycles. The van der Waals surface area contributed by atoms with Gasteiger partial charge in [0.1, 0.15) is 11.8 Å². The monoisotopic (exact) mass is 263 g/mol. The summed E-state index contributed by atoms with van der Waals surface area (Å²) in [6.07, 6.45) is 1.55. The van der Waals surface area contributed by atoms with Crippen molar-refractivity contribution in [1.82, 2.24) is 5.32 Å². The zero-order valence-corrected chi connectivity index (χ0v) is 10.0. The van der Waals surface area contributed by atoms with Crippen molar-refractivity contribution in [3.05, 3.63) is 51.3 Å². The quantitative estimate of drug-likeness (QED) is 0.661. The second-order valence-electron chi connectivity index (χ2n) is 3.46. The van der Waals surface area contributed by atoms with Gasteiger partial charge in [-0.05, 0) is 18.2 Å². The van der Waals surface area contributed by atoms with Crippen molar-refractivity contribution < 1.29 is 9.34 Å². The molecule has 18 heavy (non-hydrogen) atoms. The first-order valence-electron chi connectivity index (χ1n) is 5.10. The van der Waals surface area contributed by atoms with Gasteiger partial charge in [-0.3, -0.25) is 15.4 Å². The van der Waals surface area contributed by atoms with Gasteiger partial charge in [0.25, 0.3) is 0 Å². The molecule has 2 aromatic heterocycles. The van der Waals surface area contributed by atoms with E-state index in [9.17, 15) is 10.1 Å². The molecule has 1 N–H and O–H groups in total. The van der Waals surface area contributed by atoms with Gasteiger partial charge in [-0.2, -0.15) is 5.26 Å². The first kappa shape index (κ1) is 12.3. The van der Waals surface area contributed by atoms with Crippen molar-refractivity contribution in [2.45, 2.75) is 12.6 Å². The molecule has 7 heteroatoms. The highest BCUT2D eigenvalue weighted by molar-refractivity contribution is 7.15. The number of nitrogens with one attached hydrogen (secondary N) is 1. The molecule has 2 heterocycles. The molecule has 0 saturated heterocycles. The lowest BCUT2D eigenvalue weighted by Gasteiger charge is -2.07. The molecule has 92 valence electrons. The Hall–Kier alpha value is -2.17. The van der Waals surface area contributed by atoms with Gasteiger partial charge < -0.3 is 4.42 Å². The molecule has 1 atom stereocenters. The van der Waals surface area contributed by atoms with Gasteiger partial charge in [-0.1, -0.05) is 11.3 Å². The minimum atomic E-state index is -0.575. The van der Waals surface area contributed by atoms with Gasteiger partial charge >= 0.3 is 5.00 Å². The summed E-state index contributed by atoms with van der Waals surface area (Å²) in [7, 11) is 0. The van der Waals surface area contributed by atoms with Crippen LogP contribution in [0.4, 0.5) is 5.00 Å². The number of rotatable bonds is 5. The Labute approximate surface area is 107 Å². The number of nitrogens with zero attached hydrogens (tertiary/aromatic N) is 2. The molecule has 6 nitrogen and oxygen atoms in total. The van der Waals surface area contributed by atoms with Crippen LogP contribution in [0.25, 0.3) is 0 Å². The summed E-state index contributed by atoms with van der Waals surface area (Å²) in [5, 5.41) is 22.6. The third kappa shape index (κ3) is 2.74. The fraction of sp³-hybridized carbons (Fsp3) is 0.182. The molecule has 0 aromatic carbocycles. The minimum absolute atomic E-state index is 0.0325.